The Labute approximate surface area is 63.0 Å². The fourth-order valence-electron chi connectivity index (χ4n) is 0.492. The van der Waals surface area contributed by atoms with Crippen LogP contribution in [0.1, 0.15) is 13.8 Å². The van der Waals surface area contributed by atoms with Crippen LogP contribution in [0.4, 0.5) is 13.2 Å². The van der Waals surface area contributed by atoms with Gasteiger partial charge in [0.25, 0.3) is 0 Å². The Hall–Kier alpha value is -0.740. The van der Waals surface area contributed by atoms with Crippen molar-refractivity contribution in [1.82, 2.24) is 4.90 Å². The van der Waals surface area contributed by atoms with Crippen LogP contribution in [0.5, 0.6) is 0 Å². The molecule has 1 atom stereocenters. The second kappa shape index (κ2) is 3.11. The summed E-state index contributed by atoms with van der Waals surface area (Å²) in [7, 11) is 1.13. The van der Waals surface area contributed by atoms with E-state index in [0.717, 1.165) is 20.9 Å². The number of hydrogen-bond donors (Lipinski definition) is 0. The van der Waals surface area contributed by atoms with Gasteiger partial charge >= 0.3 is 6.18 Å². The quantitative estimate of drug-likeness (QED) is 0.581. The third-order valence-corrected chi connectivity index (χ3v) is 1.55. The van der Waals surface area contributed by atoms with Gasteiger partial charge in [-0.3, -0.25) is 4.79 Å². The van der Waals surface area contributed by atoms with Crippen molar-refractivity contribution in [2.75, 3.05) is 7.05 Å². The number of carbonyl (C=O) groups is 1. The fraction of sp³-hybridized carbons (Fsp3) is 0.833. The first kappa shape index (κ1) is 10.3. The van der Waals surface area contributed by atoms with Crippen molar-refractivity contribution < 1.29 is 18.0 Å². The van der Waals surface area contributed by atoms with Gasteiger partial charge in [0.2, 0.25) is 5.91 Å². The molecule has 0 heterocycles. The zero-order valence-corrected chi connectivity index (χ0v) is 6.57. The average Bonchev–Trinajstić information content (AvgIpc) is 1.82. The lowest BCUT2D eigenvalue weighted by atomic mass is 10.3. The highest BCUT2D eigenvalue weighted by atomic mass is 19.4. The molecule has 0 aromatic rings. The summed E-state index contributed by atoms with van der Waals surface area (Å²) >= 11 is 0. The molecule has 0 aromatic carbocycles. The molecule has 0 saturated heterocycles. The van der Waals surface area contributed by atoms with Gasteiger partial charge in [-0.25, -0.2) is 0 Å². The maximum atomic E-state index is 11.9. The Morgan fingerprint density at radius 2 is 1.82 bits per heavy atom. The van der Waals surface area contributed by atoms with Crippen molar-refractivity contribution in [2.24, 2.45) is 0 Å². The summed E-state index contributed by atoms with van der Waals surface area (Å²) in [6.07, 6.45) is -4.33. The Morgan fingerprint density at radius 3 is 1.91 bits per heavy atom. The van der Waals surface area contributed by atoms with Gasteiger partial charge in [-0.15, -0.1) is 0 Å². The van der Waals surface area contributed by atoms with Crippen LogP contribution >= 0.6 is 0 Å². The lowest BCUT2D eigenvalue weighted by Crippen LogP contribution is -2.43. The van der Waals surface area contributed by atoms with Crippen LogP contribution < -0.4 is 0 Å². The summed E-state index contributed by atoms with van der Waals surface area (Å²) in [5.74, 6) is -0.588. The minimum Gasteiger partial charge on any atom is -0.334 e. The Bertz CT molecular complexity index is 154. The third-order valence-electron chi connectivity index (χ3n) is 1.55. The van der Waals surface area contributed by atoms with Crippen molar-refractivity contribution in [3.63, 3.8) is 0 Å². The summed E-state index contributed by atoms with van der Waals surface area (Å²) in [4.78, 5) is 11.1. The Kier molecular flexibility index (Phi) is 2.90. The molecule has 0 N–H and O–H groups in total. The molecular weight excluding hydrogens is 159 g/mol. The van der Waals surface area contributed by atoms with Gasteiger partial charge in [0, 0.05) is 14.0 Å². The molecule has 0 aliphatic rings. The van der Waals surface area contributed by atoms with E-state index in [0.29, 0.717) is 4.90 Å². The molecule has 1 amide bonds. The molecule has 0 spiro atoms. The number of alkyl halides is 3. The minimum absolute atomic E-state index is 0.588. The van der Waals surface area contributed by atoms with Crippen LogP contribution in [0.25, 0.3) is 0 Å². The topological polar surface area (TPSA) is 20.3 Å². The van der Waals surface area contributed by atoms with Crippen molar-refractivity contribution in [3.8, 4) is 0 Å². The molecule has 5 heteroatoms. The van der Waals surface area contributed by atoms with Crippen LogP contribution in [0.2, 0.25) is 0 Å². The highest BCUT2D eigenvalue weighted by Crippen LogP contribution is 2.23. The van der Waals surface area contributed by atoms with E-state index in [-0.39, 0.29) is 0 Å². The molecule has 0 fully saturated rings. The Balaban J connectivity index is 4.25. The van der Waals surface area contributed by atoms with E-state index in [1.807, 2.05) is 0 Å². The van der Waals surface area contributed by atoms with Crippen molar-refractivity contribution in [3.05, 3.63) is 0 Å². The molecule has 0 radical (unpaired) electrons. The normalized spacial score (nSPS) is 14.4. The summed E-state index contributed by atoms with van der Waals surface area (Å²) in [5.41, 5.74) is 0. The molecule has 0 rings (SSSR count). The lowest BCUT2D eigenvalue weighted by Gasteiger charge is -2.25. The van der Waals surface area contributed by atoms with E-state index in [1.165, 1.54) is 0 Å². The smallest absolute Gasteiger partial charge is 0.334 e. The van der Waals surface area contributed by atoms with Crippen LogP contribution in [0, 0.1) is 0 Å². The summed E-state index contributed by atoms with van der Waals surface area (Å²) in [6, 6.07) is -1.71. The first-order valence-electron chi connectivity index (χ1n) is 3.07. The number of halogens is 3. The maximum absolute atomic E-state index is 11.9. The monoisotopic (exact) mass is 169 g/mol. The zero-order valence-electron chi connectivity index (χ0n) is 6.57. The van der Waals surface area contributed by atoms with E-state index in [9.17, 15) is 18.0 Å². The van der Waals surface area contributed by atoms with Gasteiger partial charge in [-0.05, 0) is 6.92 Å². The molecule has 2 nitrogen and oxygen atoms in total. The van der Waals surface area contributed by atoms with Crippen LogP contribution in [0.3, 0.4) is 0 Å². The number of hydrogen-bond acceptors (Lipinski definition) is 1. The fourth-order valence-corrected chi connectivity index (χ4v) is 0.492. The van der Waals surface area contributed by atoms with Gasteiger partial charge < -0.3 is 4.90 Å². The van der Waals surface area contributed by atoms with Crippen molar-refractivity contribution in [2.45, 2.75) is 26.1 Å². The van der Waals surface area contributed by atoms with E-state index in [4.69, 9.17) is 0 Å². The molecule has 66 valence electrons. The van der Waals surface area contributed by atoms with E-state index >= 15 is 0 Å². The Morgan fingerprint density at radius 1 is 1.45 bits per heavy atom. The summed E-state index contributed by atoms with van der Waals surface area (Å²) in [5, 5.41) is 0. The molecule has 0 aliphatic heterocycles. The van der Waals surface area contributed by atoms with Crippen LogP contribution in [0.15, 0.2) is 0 Å². The molecule has 0 saturated carbocycles. The van der Waals surface area contributed by atoms with Crippen molar-refractivity contribution in [1.29, 1.82) is 0 Å². The largest absolute Gasteiger partial charge is 0.408 e. The molecule has 1 unspecified atom stereocenters. The number of amides is 1. The second-order valence-corrected chi connectivity index (χ2v) is 2.35. The molecule has 0 bridgehead atoms. The van der Waals surface area contributed by atoms with Crippen LogP contribution in [-0.4, -0.2) is 30.1 Å². The van der Waals surface area contributed by atoms with Crippen molar-refractivity contribution >= 4 is 5.91 Å². The highest BCUT2D eigenvalue weighted by molar-refractivity contribution is 5.73. The average molecular weight is 169 g/mol. The third kappa shape index (κ3) is 2.78. The van der Waals surface area contributed by atoms with E-state index in [2.05, 4.69) is 0 Å². The van der Waals surface area contributed by atoms with Gasteiger partial charge in [-0.1, -0.05) is 0 Å². The first-order chi connectivity index (χ1) is 4.76. The molecule has 0 aliphatic carbocycles. The van der Waals surface area contributed by atoms with Gasteiger partial charge in [-0.2, -0.15) is 13.2 Å². The lowest BCUT2D eigenvalue weighted by molar-refractivity contribution is -0.181. The number of rotatable bonds is 1. The van der Waals surface area contributed by atoms with Gasteiger partial charge in [0.15, 0.2) is 0 Å². The second-order valence-electron chi connectivity index (χ2n) is 2.35. The standard InChI is InChI=1S/C6H10F3NO/c1-4(6(7,8)9)10(3)5(2)11/h4H,1-3H3. The van der Waals surface area contributed by atoms with E-state index < -0.39 is 18.1 Å². The highest BCUT2D eigenvalue weighted by Gasteiger charge is 2.39. The molecule has 0 aromatic heterocycles. The zero-order chi connectivity index (χ0) is 9.23. The number of carbonyl (C=O) groups excluding carboxylic acids is 1. The molecule has 11 heavy (non-hydrogen) atoms. The minimum atomic E-state index is -4.33. The maximum Gasteiger partial charge on any atom is 0.408 e. The summed E-state index contributed by atoms with van der Waals surface area (Å²) in [6.45, 7) is 2.05. The first-order valence-corrected chi connectivity index (χ1v) is 3.07. The summed E-state index contributed by atoms with van der Waals surface area (Å²) < 4.78 is 35.6. The SMILES string of the molecule is CC(=O)N(C)C(C)C(F)(F)F. The number of nitrogens with zero attached hydrogens (tertiary/aromatic N) is 1. The predicted molar refractivity (Wildman–Crippen MR) is 34.0 cm³/mol. The van der Waals surface area contributed by atoms with E-state index in [1.54, 1.807) is 0 Å². The van der Waals surface area contributed by atoms with Gasteiger partial charge in [0.1, 0.15) is 6.04 Å². The predicted octanol–water partition coefficient (Wildman–Crippen LogP) is 1.42. The van der Waals surface area contributed by atoms with Crippen LogP contribution in [-0.2, 0) is 4.79 Å². The van der Waals surface area contributed by atoms with Gasteiger partial charge in [0.05, 0.1) is 0 Å². The molecular formula is C6H10F3NO.